The second-order valence-electron chi connectivity index (χ2n) is 14.0. The van der Waals surface area contributed by atoms with Crippen LogP contribution in [-0.4, -0.2) is 10.7 Å². The molecule has 0 saturated heterocycles. The Hall–Kier alpha value is -1.18. The molecular formula is C35H62O2. The molecule has 1 aromatic carbocycles. The molecule has 1 aliphatic heterocycles. The number of hydrogen-bond donors (Lipinski definition) is 1. The van der Waals surface area contributed by atoms with Crippen LogP contribution in [0.3, 0.4) is 0 Å². The zero-order valence-corrected chi connectivity index (χ0v) is 26.4. The zero-order chi connectivity index (χ0) is 27.8. The zero-order valence-electron chi connectivity index (χ0n) is 26.4. The standard InChI is InChI=1S/C35H62O2/c1-24(2)15-11-16-25(3)17-12-18-26(4)19-13-20-27(5)21-14-22-28(6)35(10)23-32-31(9)33(36)29(7)30(8)34(32)37-35/h24-28,36H,11-23H2,1-10H3. The van der Waals surface area contributed by atoms with Crippen molar-refractivity contribution in [1.82, 2.24) is 0 Å². The average Bonchev–Trinajstić information content (AvgIpc) is 3.20. The van der Waals surface area contributed by atoms with Gasteiger partial charge in [0.1, 0.15) is 17.1 Å². The van der Waals surface area contributed by atoms with Gasteiger partial charge in [-0.1, -0.05) is 112 Å². The number of phenols is 1. The summed E-state index contributed by atoms with van der Waals surface area (Å²) in [5, 5.41) is 10.5. The maximum atomic E-state index is 10.5. The summed E-state index contributed by atoms with van der Waals surface area (Å²) in [5.74, 6) is 5.45. The minimum absolute atomic E-state index is 0.164. The van der Waals surface area contributed by atoms with E-state index in [1.165, 1.54) is 82.6 Å². The van der Waals surface area contributed by atoms with Crippen molar-refractivity contribution in [3.63, 3.8) is 0 Å². The van der Waals surface area contributed by atoms with Crippen molar-refractivity contribution >= 4 is 0 Å². The summed E-state index contributed by atoms with van der Waals surface area (Å²) < 4.78 is 6.62. The molecule has 1 N–H and O–H groups in total. The molecule has 0 saturated carbocycles. The summed E-state index contributed by atoms with van der Waals surface area (Å²) in [5.41, 5.74) is 4.13. The van der Waals surface area contributed by atoms with Crippen molar-refractivity contribution in [3.8, 4) is 11.5 Å². The Morgan fingerprint density at radius 3 is 1.54 bits per heavy atom. The molecule has 0 aromatic heterocycles. The normalized spacial score (nSPS) is 20.5. The number of aromatic hydroxyl groups is 1. The van der Waals surface area contributed by atoms with Gasteiger partial charge < -0.3 is 9.84 Å². The fraction of sp³-hybridized carbons (Fsp3) is 0.829. The van der Waals surface area contributed by atoms with Crippen molar-refractivity contribution in [3.05, 3.63) is 22.3 Å². The predicted molar refractivity (Wildman–Crippen MR) is 162 cm³/mol. The highest BCUT2D eigenvalue weighted by atomic mass is 16.5. The molecule has 0 fully saturated rings. The lowest BCUT2D eigenvalue weighted by molar-refractivity contribution is 0.0496. The summed E-state index contributed by atoms with van der Waals surface area (Å²) >= 11 is 0. The van der Waals surface area contributed by atoms with E-state index in [9.17, 15) is 5.11 Å². The van der Waals surface area contributed by atoms with E-state index in [1.54, 1.807) is 0 Å². The van der Waals surface area contributed by atoms with E-state index in [1.807, 2.05) is 13.8 Å². The summed E-state index contributed by atoms with van der Waals surface area (Å²) in [7, 11) is 0. The van der Waals surface area contributed by atoms with Crippen LogP contribution in [0.15, 0.2) is 0 Å². The molecule has 5 atom stereocenters. The largest absolute Gasteiger partial charge is 0.507 e. The van der Waals surface area contributed by atoms with Crippen LogP contribution >= 0.6 is 0 Å². The van der Waals surface area contributed by atoms with Gasteiger partial charge in [0, 0.05) is 12.0 Å². The van der Waals surface area contributed by atoms with Crippen molar-refractivity contribution in [2.75, 3.05) is 0 Å². The number of benzene rings is 1. The average molecular weight is 515 g/mol. The van der Waals surface area contributed by atoms with Gasteiger partial charge in [-0.2, -0.15) is 0 Å². The van der Waals surface area contributed by atoms with Gasteiger partial charge >= 0.3 is 0 Å². The highest BCUT2D eigenvalue weighted by molar-refractivity contribution is 5.59. The Morgan fingerprint density at radius 1 is 0.649 bits per heavy atom. The molecule has 0 bridgehead atoms. The van der Waals surface area contributed by atoms with Crippen molar-refractivity contribution < 1.29 is 9.84 Å². The predicted octanol–water partition coefficient (Wildman–Crippen LogP) is 10.9. The van der Waals surface area contributed by atoms with Gasteiger partial charge in [-0.15, -0.1) is 0 Å². The number of fused-ring (bicyclic) bond motifs is 1. The van der Waals surface area contributed by atoms with Crippen molar-refractivity contribution in [2.24, 2.45) is 29.6 Å². The smallest absolute Gasteiger partial charge is 0.127 e. The van der Waals surface area contributed by atoms with Crippen LogP contribution in [0, 0.1) is 50.4 Å². The third-order valence-electron chi connectivity index (χ3n) is 9.85. The van der Waals surface area contributed by atoms with Crippen LogP contribution in [0.5, 0.6) is 11.5 Å². The second kappa shape index (κ2) is 14.8. The van der Waals surface area contributed by atoms with Gasteiger partial charge in [-0.3, -0.25) is 0 Å². The van der Waals surface area contributed by atoms with Crippen LogP contribution in [0.25, 0.3) is 0 Å². The maximum absolute atomic E-state index is 10.5. The Morgan fingerprint density at radius 2 is 1.08 bits per heavy atom. The quantitative estimate of drug-likeness (QED) is 0.224. The van der Waals surface area contributed by atoms with Crippen molar-refractivity contribution in [2.45, 2.75) is 158 Å². The van der Waals surface area contributed by atoms with Crippen LogP contribution in [-0.2, 0) is 6.42 Å². The van der Waals surface area contributed by atoms with E-state index in [-0.39, 0.29) is 5.60 Å². The lowest BCUT2D eigenvalue weighted by atomic mass is 9.81. The molecule has 2 heteroatoms. The molecule has 1 aromatic rings. The van der Waals surface area contributed by atoms with E-state index < -0.39 is 0 Å². The topological polar surface area (TPSA) is 29.5 Å². The summed E-state index contributed by atoms with van der Waals surface area (Å²) in [6, 6.07) is 0. The van der Waals surface area contributed by atoms with E-state index in [0.717, 1.165) is 52.5 Å². The second-order valence-corrected chi connectivity index (χ2v) is 14.0. The third kappa shape index (κ3) is 9.50. The molecule has 1 heterocycles. The number of phenolic OH excluding ortho intramolecular Hbond substituents is 1. The SMILES string of the molecule is Cc1c(C)c2c(c(C)c1O)CC(C)(C(C)CCCC(C)CCCC(C)CCCC(C)CCCC(C)C)O2. The van der Waals surface area contributed by atoms with Gasteiger partial charge in [-0.05, 0) is 80.4 Å². The minimum atomic E-state index is -0.164. The van der Waals surface area contributed by atoms with Gasteiger partial charge in [0.2, 0.25) is 0 Å². The van der Waals surface area contributed by atoms with E-state index in [0.29, 0.717) is 11.7 Å². The number of hydrogen-bond acceptors (Lipinski definition) is 2. The minimum Gasteiger partial charge on any atom is -0.507 e. The molecule has 214 valence electrons. The van der Waals surface area contributed by atoms with Gasteiger partial charge in [-0.25, -0.2) is 0 Å². The van der Waals surface area contributed by atoms with Crippen LogP contribution in [0.1, 0.15) is 148 Å². The van der Waals surface area contributed by atoms with Crippen LogP contribution in [0.2, 0.25) is 0 Å². The van der Waals surface area contributed by atoms with Gasteiger partial charge in [0.05, 0.1) is 0 Å². The van der Waals surface area contributed by atoms with Crippen LogP contribution < -0.4 is 4.74 Å². The number of ether oxygens (including phenoxy) is 1. The van der Waals surface area contributed by atoms with E-state index >= 15 is 0 Å². The molecule has 2 rings (SSSR count). The molecule has 2 nitrogen and oxygen atoms in total. The third-order valence-corrected chi connectivity index (χ3v) is 9.85. The van der Waals surface area contributed by atoms with Crippen LogP contribution in [0.4, 0.5) is 0 Å². The molecule has 0 aliphatic carbocycles. The monoisotopic (exact) mass is 514 g/mol. The summed E-state index contributed by atoms with van der Waals surface area (Å²) in [6.07, 6.45) is 17.4. The Kier molecular flexibility index (Phi) is 12.8. The summed E-state index contributed by atoms with van der Waals surface area (Å²) in [6.45, 7) is 22.8. The molecule has 37 heavy (non-hydrogen) atoms. The molecule has 0 spiro atoms. The molecule has 0 radical (unpaired) electrons. The van der Waals surface area contributed by atoms with E-state index in [2.05, 4.69) is 55.4 Å². The highest BCUT2D eigenvalue weighted by Crippen LogP contribution is 2.47. The molecular weight excluding hydrogens is 452 g/mol. The molecule has 5 unspecified atom stereocenters. The highest BCUT2D eigenvalue weighted by Gasteiger charge is 2.41. The van der Waals surface area contributed by atoms with Gasteiger partial charge in [0.15, 0.2) is 0 Å². The molecule has 0 amide bonds. The molecule has 1 aliphatic rings. The lowest BCUT2D eigenvalue weighted by Crippen LogP contribution is -2.38. The number of rotatable bonds is 17. The Labute approximate surface area is 231 Å². The first-order valence-corrected chi connectivity index (χ1v) is 15.9. The first kappa shape index (κ1) is 32.0. The Bertz CT molecular complexity index is 786. The maximum Gasteiger partial charge on any atom is 0.127 e. The lowest BCUT2D eigenvalue weighted by Gasteiger charge is -2.31. The van der Waals surface area contributed by atoms with Crippen molar-refractivity contribution in [1.29, 1.82) is 0 Å². The fourth-order valence-electron chi connectivity index (χ4n) is 6.43. The summed E-state index contributed by atoms with van der Waals surface area (Å²) in [4.78, 5) is 0. The van der Waals surface area contributed by atoms with Gasteiger partial charge in [0.25, 0.3) is 0 Å². The first-order valence-electron chi connectivity index (χ1n) is 15.9. The first-order chi connectivity index (χ1) is 17.4. The fourth-order valence-corrected chi connectivity index (χ4v) is 6.43. The Balaban J connectivity index is 1.62. The van der Waals surface area contributed by atoms with E-state index in [4.69, 9.17) is 4.74 Å².